The van der Waals surface area contributed by atoms with Gasteiger partial charge in [0.25, 0.3) is 0 Å². The number of ketones is 1. The van der Waals surface area contributed by atoms with E-state index in [9.17, 15) is 9.59 Å². The molecular weight excluding hydrogens is 312 g/mol. The highest BCUT2D eigenvalue weighted by Gasteiger charge is 2.40. The van der Waals surface area contributed by atoms with E-state index in [1.54, 1.807) is 0 Å². The second kappa shape index (κ2) is 7.19. The van der Waals surface area contributed by atoms with Crippen LogP contribution in [-0.4, -0.2) is 23.8 Å². The van der Waals surface area contributed by atoms with E-state index in [1.807, 2.05) is 6.92 Å². The molecule has 2 aliphatic heterocycles. The maximum Gasteiger partial charge on any atom is 0.239 e. The number of carbonyl (C=O) groups excluding carboxylic acids is 2. The lowest BCUT2D eigenvalue weighted by Crippen LogP contribution is -2.45. The van der Waals surface area contributed by atoms with Crippen LogP contribution in [0.5, 0.6) is 0 Å². The topological polar surface area (TPSA) is 68.1 Å². The van der Waals surface area contributed by atoms with Gasteiger partial charge in [0.15, 0.2) is 5.78 Å². The standard InChI is InChI=1S/C19H29NO.C2H3NO/c1-11(2)8-16-15(12(3)4)9-14-10-19(6,7)20-13(5)17(14)18(16)21;4-2-1-3-2/h8-9,12,15-16,20H,10H2,1-7H3;1H2,(H,3,4). The van der Waals surface area contributed by atoms with Gasteiger partial charge in [0.1, 0.15) is 0 Å². The average molecular weight is 344 g/mol. The van der Waals surface area contributed by atoms with E-state index in [4.69, 9.17) is 0 Å². The van der Waals surface area contributed by atoms with Crippen LogP contribution in [0.25, 0.3) is 0 Å². The van der Waals surface area contributed by atoms with E-state index in [0.717, 1.165) is 17.7 Å². The Hall–Kier alpha value is -1.84. The van der Waals surface area contributed by atoms with Crippen molar-refractivity contribution in [3.63, 3.8) is 0 Å². The monoisotopic (exact) mass is 344 g/mol. The average Bonchev–Trinajstić information content (AvgIpc) is 3.22. The lowest BCUT2D eigenvalue weighted by molar-refractivity contribution is -0.119. The molecule has 0 aromatic carbocycles. The van der Waals surface area contributed by atoms with Crippen LogP contribution < -0.4 is 10.6 Å². The number of nitrogens with one attached hydrogen (secondary N) is 2. The van der Waals surface area contributed by atoms with Crippen LogP contribution in [0.4, 0.5) is 0 Å². The van der Waals surface area contributed by atoms with E-state index in [0.29, 0.717) is 24.2 Å². The minimum atomic E-state index is -0.00767. The number of rotatable bonds is 2. The van der Waals surface area contributed by atoms with Gasteiger partial charge in [-0.15, -0.1) is 0 Å². The number of carbonyl (C=O) groups is 2. The molecule has 2 atom stereocenters. The molecule has 0 radical (unpaired) electrons. The number of amides is 1. The van der Waals surface area contributed by atoms with Crippen LogP contribution in [0.15, 0.2) is 34.6 Å². The second-order valence-corrected chi connectivity index (χ2v) is 8.61. The minimum absolute atomic E-state index is 0.00767. The molecule has 0 aromatic heterocycles. The molecule has 3 rings (SSSR count). The summed E-state index contributed by atoms with van der Waals surface area (Å²) >= 11 is 0. The minimum Gasteiger partial charge on any atom is -0.383 e. The van der Waals surface area contributed by atoms with Gasteiger partial charge in [0, 0.05) is 22.7 Å². The Morgan fingerprint density at radius 1 is 1.28 bits per heavy atom. The molecule has 2 heterocycles. The summed E-state index contributed by atoms with van der Waals surface area (Å²) in [5.74, 6) is 1.24. The molecule has 0 bridgehead atoms. The molecule has 0 saturated carbocycles. The Balaban J connectivity index is 0.000000493. The molecule has 2 N–H and O–H groups in total. The summed E-state index contributed by atoms with van der Waals surface area (Å²) in [6.07, 6.45) is 5.45. The van der Waals surface area contributed by atoms with Gasteiger partial charge in [-0.25, -0.2) is 0 Å². The summed E-state index contributed by atoms with van der Waals surface area (Å²) in [6.45, 7) is 15.6. The Kier molecular flexibility index (Phi) is 5.60. The Labute approximate surface area is 151 Å². The van der Waals surface area contributed by atoms with Crippen molar-refractivity contribution in [2.45, 2.75) is 60.4 Å². The third kappa shape index (κ3) is 4.83. The van der Waals surface area contributed by atoms with Gasteiger partial charge in [-0.1, -0.05) is 31.6 Å². The molecule has 0 aromatic rings. The van der Waals surface area contributed by atoms with Gasteiger partial charge in [-0.05, 0) is 58.4 Å². The van der Waals surface area contributed by atoms with Crippen LogP contribution in [-0.2, 0) is 9.59 Å². The Morgan fingerprint density at radius 3 is 2.28 bits per heavy atom. The molecule has 1 saturated heterocycles. The van der Waals surface area contributed by atoms with E-state index in [-0.39, 0.29) is 17.4 Å². The fourth-order valence-corrected chi connectivity index (χ4v) is 3.77. The molecule has 1 amide bonds. The molecule has 1 fully saturated rings. The maximum absolute atomic E-state index is 13.0. The van der Waals surface area contributed by atoms with Crippen molar-refractivity contribution in [2.24, 2.45) is 17.8 Å². The fraction of sp³-hybridized carbons (Fsp3) is 0.619. The highest BCUT2D eigenvalue weighted by atomic mass is 16.2. The summed E-state index contributed by atoms with van der Waals surface area (Å²) in [4.78, 5) is 22.5. The zero-order valence-corrected chi connectivity index (χ0v) is 16.6. The zero-order chi connectivity index (χ0) is 18.9. The normalized spacial score (nSPS) is 26.6. The maximum atomic E-state index is 13.0. The predicted molar refractivity (Wildman–Crippen MR) is 102 cm³/mol. The van der Waals surface area contributed by atoms with E-state index in [2.05, 4.69) is 64.3 Å². The number of hydrogen-bond acceptors (Lipinski definition) is 3. The fourth-order valence-electron chi connectivity index (χ4n) is 3.77. The SMILES string of the molecule is CC(C)=CC1C(=O)C2=C(C)NC(C)(C)CC2=CC1C(C)C.O=C1CN1. The number of fused-ring (bicyclic) bond motifs is 1. The molecule has 138 valence electrons. The first-order chi connectivity index (χ1) is 11.5. The first kappa shape index (κ1) is 19.5. The zero-order valence-electron chi connectivity index (χ0n) is 16.6. The summed E-state index contributed by atoms with van der Waals surface area (Å²) in [5.41, 5.74) is 4.48. The summed E-state index contributed by atoms with van der Waals surface area (Å²) < 4.78 is 0. The number of Topliss-reactive ketones (excluding diaryl/α,β-unsaturated/α-hetero) is 1. The van der Waals surface area contributed by atoms with Crippen LogP contribution in [0.3, 0.4) is 0 Å². The molecular formula is C21H32N2O2. The van der Waals surface area contributed by atoms with Gasteiger partial charge in [0.05, 0.1) is 6.54 Å². The molecule has 0 spiro atoms. The predicted octanol–water partition coefficient (Wildman–Crippen LogP) is 3.51. The summed E-state index contributed by atoms with van der Waals surface area (Å²) in [6, 6.07) is 0. The largest absolute Gasteiger partial charge is 0.383 e. The first-order valence-electron chi connectivity index (χ1n) is 9.18. The third-order valence-corrected chi connectivity index (χ3v) is 4.82. The van der Waals surface area contributed by atoms with Crippen LogP contribution in [0.2, 0.25) is 0 Å². The van der Waals surface area contributed by atoms with Crippen molar-refractivity contribution in [2.75, 3.05) is 6.54 Å². The number of allylic oxidation sites excluding steroid dienone is 5. The highest BCUT2D eigenvalue weighted by Crippen LogP contribution is 2.41. The van der Waals surface area contributed by atoms with E-state index >= 15 is 0 Å². The Bertz CT molecular complexity index is 655. The van der Waals surface area contributed by atoms with Gasteiger partial charge in [-0.3, -0.25) is 9.59 Å². The molecule has 2 unspecified atom stereocenters. The third-order valence-electron chi connectivity index (χ3n) is 4.82. The lowest BCUT2D eigenvalue weighted by atomic mass is 9.68. The number of hydrogen-bond donors (Lipinski definition) is 2. The lowest BCUT2D eigenvalue weighted by Gasteiger charge is -2.41. The van der Waals surface area contributed by atoms with Crippen molar-refractivity contribution in [1.29, 1.82) is 0 Å². The molecule has 4 nitrogen and oxygen atoms in total. The second-order valence-electron chi connectivity index (χ2n) is 8.61. The Morgan fingerprint density at radius 2 is 1.84 bits per heavy atom. The quantitative estimate of drug-likeness (QED) is 0.595. The van der Waals surface area contributed by atoms with Crippen molar-refractivity contribution >= 4 is 11.7 Å². The molecule has 4 heteroatoms. The molecule has 1 aliphatic carbocycles. The van der Waals surface area contributed by atoms with Crippen LogP contribution >= 0.6 is 0 Å². The van der Waals surface area contributed by atoms with Gasteiger partial charge in [0.2, 0.25) is 5.91 Å². The highest BCUT2D eigenvalue weighted by molar-refractivity contribution is 6.04. The van der Waals surface area contributed by atoms with Crippen molar-refractivity contribution in [3.05, 3.63) is 34.6 Å². The van der Waals surface area contributed by atoms with Crippen LogP contribution in [0.1, 0.15) is 54.9 Å². The van der Waals surface area contributed by atoms with E-state index in [1.165, 1.54) is 11.1 Å². The summed E-state index contributed by atoms with van der Waals surface area (Å²) in [5, 5.41) is 5.96. The summed E-state index contributed by atoms with van der Waals surface area (Å²) in [7, 11) is 0. The van der Waals surface area contributed by atoms with E-state index < -0.39 is 0 Å². The van der Waals surface area contributed by atoms with Gasteiger partial charge in [-0.2, -0.15) is 0 Å². The molecule has 25 heavy (non-hydrogen) atoms. The van der Waals surface area contributed by atoms with Gasteiger partial charge < -0.3 is 10.6 Å². The molecule has 3 aliphatic rings. The van der Waals surface area contributed by atoms with Gasteiger partial charge >= 0.3 is 0 Å². The first-order valence-corrected chi connectivity index (χ1v) is 9.18. The smallest absolute Gasteiger partial charge is 0.239 e. The van der Waals surface area contributed by atoms with Crippen LogP contribution in [0, 0.1) is 17.8 Å². The van der Waals surface area contributed by atoms with Crippen molar-refractivity contribution < 1.29 is 9.59 Å². The van der Waals surface area contributed by atoms with Crippen molar-refractivity contribution in [1.82, 2.24) is 10.6 Å². The van der Waals surface area contributed by atoms with Crippen molar-refractivity contribution in [3.8, 4) is 0 Å².